The van der Waals surface area contributed by atoms with Gasteiger partial charge in [0, 0.05) is 24.7 Å². The average molecular weight is 402 g/mol. The molecule has 30 heavy (non-hydrogen) atoms. The van der Waals surface area contributed by atoms with Gasteiger partial charge in [0.25, 0.3) is 0 Å². The van der Waals surface area contributed by atoms with Crippen LogP contribution in [0.5, 0.6) is 0 Å². The fourth-order valence-electron chi connectivity index (χ4n) is 3.44. The third kappa shape index (κ3) is 2.79. The van der Waals surface area contributed by atoms with E-state index in [1.807, 2.05) is 6.07 Å². The molecule has 0 unspecified atom stereocenters. The number of hydrogen-bond donors (Lipinski definition) is 0. The minimum absolute atomic E-state index is 0.315. The Morgan fingerprint density at radius 3 is 2.63 bits per heavy atom. The molecule has 8 nitrogen and oxygen atoms in total. The van der Waals surface area contributed by atoms with Gasteiger partial charge in [0.2, 0.25) is 0 Å². The summed E-state index contributed by atoms with van der Waals surface area (Å²) in [6, 6.07) is 13.0. The van der Waals surface area contributed by atoms with E-state index in [1.54, 1.807) is 48.3 Å². The summed E-state index contributed by atoms with van der Waals surface area (Å²) < 4.78 is 20.3. The number of methoxy groups -OCH3 is 1. The lowest BCUT2D eigenvalue weighted by molar-refractivity contribution is 0.0603. The van der Waals surface area contributed by atoms with Crippen LogP contribution >= 0.6 is 0 Å². The molecule has 3 aromatic heterocycles. The van der Waals surface area contributed by atoms with Crippen molar-refractivity contribution in [2.75, 3.05) is 7.11 Å². The normalized spacial score (nSPS) is 11.3. The van der Waals surface area contributed by atoms with Gasteiger partial charge < -0.3 is 4.74 Å². The molecule has 0 fully saturated rings. The number of benzene rings is 2. The van der Waals surface area contributed by atoms with Crippen molar-refractivity contribution in [2.45, 2.75) is 0 Å². The molecule has 0 aliphatic carbocycles. The van der Waals surface area contributed by atoms with E-state index in [0.29, 0.717) is 38.9 Å². The first-order chi connectivity index (χ1) is 14.5. The average Bonchev–Trinajstić information content (AvgIpc) is 3.38. The Morgan fingerprint density at radius 1 is 1.07 bits per heavy atom. The first kappa shape index (κ1) is 17.9. The highest BCUT2D eigenvalue weighted by atomic mass is 19.1. The Morgan fingerprint density at radius 2 is 1.90 bits per heavy atom. The number of hydrogen-bond acceptors (Lipinski definition) is 6. The number of carbonyl (C=O) groups excluding carboxylic acids is 1. The van der Waals surface area contributed by atoms with Gasteiger partial charge in [-0.15, -0.1) is 10.2 Å². The van der Waals surface area contributed by atoms with Crippen LogP contribution < -0.4 is 0 Å². The minimum atomic E-state index is -0.515. The zero-order chi connectivity index (χ0) is 20.8. The summed E-state index contributed by atoms with van der Waals surface area (Å²) in [5.74, 6) is -0.907. The molecule has 5 aromatic rings. The highest BCUT2D eigenvalue weighted by molar-refractivity contribution is 6.14. The number of aryl methyl sites for hydroxylation is 1. The predicted molar refractivity (Wildman–Crippen MR) is 108 cm³/mol. The molecule has 2 aromatic carbocycles. The molecule has 0 N–H and O–H groups in total. The van der Waals surface area contributed by atoms with E-state index in [-0.39, 0.29) is 0 Å². The Hall–Kier alpha value is -4.14. The van der Waals surface area contributed by atoms with Gasteiger partial charge in [-0.3, -0.25) is 4.68 Å². The lowest BCUT2D eigenvalue weighted by atomic mass is 10.0. The van der Waals surface area contributed by atoms with Gasteiger partial charge in [-0.25, -0.2) is 14.2 Å². The van der Waals surface area contributed by atoms with Crippen LogP contribution in [0.2, 0.25) is 0 Å². The molecular formula is C21H15FN6O2. The van der Waals surface area contributed by atoms with Crippen molar-refractivity contribution < 1.29 is 13.9 Å². The highest BCUT2D eigenvalue weighted by Gasteiger charge is 2.20. The molecule has 0 saturated carbocycles. The molecule has 0 aliphatic rings. The Balaban J connectivity index is 1.81. The summed E-state index contributed by atoms with van der Waals surface area (Å²) >= 11 is 0. The van der Waals surface area contributed by atoms with Gasteiger partial charge in [-0.2, -0.15) is 9.90 Å². The fraction of sp³-hybridized carbons (Fsp3) is 0.0952. The lowest BCUT2D eigenvalue weighted by Crippen LogP contribution is -2.05. The third-order valence-corrected chi connectivity index (χ3v) is 4.85. The van der Waals surface area contributed by atoms with E-state index in [4.69, 9.17) is 9.72 Å². The summed E-state index contributed by atoms with van der Waals surface area (Å²) in [6.45, 7) is 0. The van der Waals surface area contributed by atoms with E-state index >= 15 is 0 Å². The van der Waals surface area contributed by atoms with Crippen LogP contribution in [0.4, 0.5) is 4.39 Å². The zero-order valence-electron chi connectivity index (χ0n) is 16.1. The van der Waals surface area contributed by atoms with E-state index in [9.17, 15) is 9.18 Å². The second kappa shape index (κ2) is 6.73. The fourth-order valence-corrected chi connectivity index (χ4v) is 3.44. The predicted octanol–water partition coefficient (Wildman–Crippen LogP) is 3.29. The molecule has 5 rings (SSSR count). The number of pyridine rings is 1. The number of rotatable bonds is 3. The van der Waals surface area contributed by atoms with Crippen LogP contribution in [0.3, 0.4) is 0 Å². The molecule has 9 heteroatoms. The molecule has 148 valence electrons. The van der Waals surface area contributed by atoms with Crippen LogP contribution in [-0.2, 0) is 11.8 Å². The van der Waals surface area contributed by atoms with Crippen molar-refractivity contribution in [1.82, 2.24) is 29.8 Å². The van der Waals surface area contributed by atoms with E-state index in [2.05, 4.69) is 15.3 Å². The van der Waals surface area contributed by atoms with E-state index in [1.165, 1.54) is 24.0 Å². The van der Waals surface area contributed by atoms with Gasteiger partial charge >= 0.3 is 5.97 Å². The molecule has 0 amide bonds. The Bertz CT molecular complexity index is 1440. The zero-order valence-corrected chi connectivity index (χ0v) is 16.1. The van der Waals surface area contributed by atoms with E-state index < -0.39 is 11.8 Å². The van der Waals surface area contributed by atoms with E-state index in [0.717, 1.165) is 5.69 Å². The molecule has 0 saturated heterocycles. The first-order valence-corrected chi connectivity index (χ1v) is 9.08. The molecule has 3 heterocycles. The molecule has 0 spiro atoms. The summed E-state index contributed by atoms with van der Waals surface area (Å²) in [5.41, 5.74) is 3.71. The highest BCUT2D eigenvalue weighted by Crippen LogP contribution is 2.30. The quantitative estimate of drug-likeness (QED) is 0.430. The van der Waals surface area contributed by atoms with Gasteiger partial charge in [0.15, 0.2) is 0 Å². The monoisotopic (exact) mass is 402 g/mol. The van der Waals surface area contributed by atoms with Gasteiger partial charge in [-0.1, -0.05) is 6.07 Å². The number of nitrogens with zero attached hydrogens (tertiary/aromatic N) is 6. The van der Waals surface area contributed by atoms with Crippen LogP contribution in [-0.4, -0.2) is 42.8 Å². The molecular weight excluding hydrogens is 387 g/mol. The van der Waals surface area contributed by atoms with Gasteiger partial charge in [0.1, 0.15) is 16.9 Å². The third-order valence-electron chi connectivity index (χ3n) is 4.85. The molecule has 0 aliphatic heterocycles. The number of carbonyl (C=O) groups is 1. The van der Waals surface area contributed by atoms with Crippen molar-refractivity contribution in [2.24, 2.45) is 7.05 Å². The minimum Gasteiger partial charge on any atom is -0.465 e. The number of halogens is 1. The maximum atomic E-state index is 13.6. The molecule has 0 radical (unpaired) electrons. The smallest absolute Gasteiger partial charge is 0.338 e. The van der Waals surface area contributed by atoms with Gasteiger partial charge in [0.05, 0.1) is 35.3 Å². The summed E-state index contributed by atoms with van der Waals surface area (Å²) in [6.07, 6.45) is 1.66. The van der Waals surface area contributed by atoms with Gasteiger partial charge in [-0.05, 0) is 36.4 Å². The maximum Gasteiger partial charge on any atom is 0.338 e. The summed E-state index contributed by atoms with van der Waals surface area (Å²) in [5, 5.41) is 13.6. The van der Waals surface area contributed by atoms with Crippen molar-refractivity contribution >= 4 is 27.9 Å². The summed E-state index contributed by atoms with van der Waals surface area (Å²) in [7, 11) is 3.12. The second-order valence-electron chi connectivity index (χ2n) is 6.68. The second-order valence-corrected chi connectivity index (χ2v) is 6.68. The number of ether oxygens (including phenoxy) is 1. The van der Waals surface area contributed by atoms with Crippen molar-refractivity contribution in [3.63, 3.8) is 0 Å². The lowest BCUT2D eigenvalue weighted by Gasteiger charge is -2.09. The standard InChI is InChI=1S/C21H15FN6O2/c1-27-18(8-9-23-27)17-11-14(21(29)30-2)19-15(24-17)6-7-16-20(19)26-28(25-16)13-5-3-4-12(22)10-13/h3-11H,1-2H3. The molecule has 0 atom stereocenters. The largest absolute Gasteiger partial charge is 0.465 e. The molecule has 0 bridgehead atoms. The number of aromatic nitrogens is 6. The SMILES string of the molecule is COC(=O)c1cc(-c2ccnn2C)nc2ccc3nn(-c4cccc(F)c4)nc3c12. The number of fused-ring (bicyclic) bond motifs is 3. The Kier molecular flexibility index (Phi) is 4.02. The summed E-state index contributed by atoms with van der Waals surface area (Å²) in [4.78, 5) is 18.7. The maximum absolute atomic E-state index is 13.6. The van der Waals surface area contributed by atoms with Crippen LogP contribution in [0.15, 0.2) is 54.7 Å². The van der Waals surface area contributed by atoms with Crippen molar-refractivity contribution in [3.8, 4) is 17.1 Å². The van der Waals surface area contributed by atoms with Crippen LogP contribution in [0.1, 0.15) is 10.4 Å². The topological polar surface area (TPSA) is 87.7 Å². The number of esters is 1. The van der Waals surface area contributed by atoms with Crippen molar-refractivity contribution in [3.05, 3.63) is 66.1 Å². The Labute approximate surface area is 169 Å². The van der Waals surface area contributed by atoms with Crippen molar-refractivity contribution in [1.29, 1.82) is 0 Å². The van der Waals surface area contributed by atoms with Crippen LogP contribution in [0, 0.1) is 5.82 Å². The first-order valence-electron chi connectivity index (χ1n) is 9.08. The van der Waals surface area contributed by atoms with Crippen LogP contribution in [0.25, 0.3) is 39.0 Å².